The van der Waals surface area contributed by atoms with E-state index in [2.05, 4.69) is 0 Å². The first-order chi connectivity index (χ1) is 5.72. The standard InChI is InChI=1S/C5H7NO6S/c1-13(11,12)6-5(10)3(7)2-4(8)9/h2,7H,1H3,(H,6,10)(H,8,9)/b3-2-. The van der Waals surface area contributed by atoms with Crippen molar-refractivity contribution in [2.24, 2.45) is 0 Å². The minimum absolute atomic E-state index is 0.181. The van der Waals surface area contributed by atoms with Crippen LogP contribution in [0.5, 0.6) is 0 Å². The van der Waals surface area contributed by atoms with Gasteiger partial charge >= 0.3 is 5.97 Å². The third-order valence-corrected chi connectivity index (χ3v) is 1.33. The van der Waals surface area contributed by atoms with Crippen LogP contribution in [-0.4, -0.2) is 36.8 Å². The van der Waals surface area contributed by atoms with Crippen LogP contribution in [0.1, 0.15) is 0 Å². The predicted octanol–water partition coefficient (Wildman–Crippen LogP) is -1.41. The average Bonchev–Trinajstić information content (AvgIpc) is 1.81. The molecule has 0 aromatic heterocycles. The molecule has 7 nitrogen and oxygen atoms in total. The number of carbonyl (C=O) groups is 2. The van der Waals surface area contributed by atoms with Crippen molar-refractivity contribution in [1.29, 1.82) is 0 Å². The van der Waals surface area contributed by atoms with Gasteiger partial charge in [-0.2, -0.15) is 0 Å². The molecule has 0 aromatic rings. The monoisotopic (exact) mass is 209 g/mol. The zero-order valence-corrected chi connectivity index (χ0v) is 7.33. The average molecular weight is 209 g/mol. The third-order valence-electron chi connectivity index (χ3n) is 0.771. The molecule has 0 unspecified atom stereocenters. The molecule has 0 rings (SSSR count). The Morgan fingerprint density at radius 3 is 2.08 bits per heavy atom. The van der Waals surface area contributed by atoms with Gasteiger partial charge in [0.25, 0.3) is 5.91 Å². The molecule has 0 aliphatic heterocycles. The van der Waals surface area contributed by atoms with Gasteiger partial charge < -0.3 is 10.2 Å². The highest BCUT2D eigenvalue weighted by molar-refractivity contribution is 7.89. The molecule has 74 valence electrons. The molecular formula is C5H7NO6S. The summed E-state index contributed by atoms with van der Waals surface area (Å²) in [4.78, 5) is 20.5. The van der Waals surface area contributed by atoms with Crippen LogP contribution < -0.4 is 4.72 Å². The molecule has 0 aliphatic carbocycles. The lowest BCUT2D eigenvalue weighted by molar-refractivity contribution is -0.132. The number of sulfonamides is 1. The van der Waals surface area contributed by atoms with Gasteiger partial charge in [-0.3, -0.25) is 4.79 Å². The van der Waals surface area contributed by atoms with E-state index in [0.29, 0.717) is 6.26 Å². The molecule has 0 aromatic carbocycles. The van der Waals surface area contributed by atoms with Crippen molar-refractivity contribution in [3.05, 3.63) is 11.8 Å². The second-order valence-corrected chi connectivity index (χ2v) is 3.82. The van der Waals surface area contributed by atoms with Gasteiger partial charge in [-0.1, -0.05) is 0 Å². The highest BCUT2D eigenvalue weighted by Gasteiger charge is 2.13. The fourth-order valence-electron chi connectivity index (χ4n) is 0.403. The van der Waals surface area contributed by atoms with Gasteiger partial charge in [0.05, 0.1) is 12.3 Å². The maximum Gasteiger partial charge on any atom is 0.332 e. The smallest absolute Gasteiger partial charge is 0.332 e. The van der Waals surface area contributed by atoms with Crippen molar-refractivity contribution in [1.82, 2.24) is 4.72 Å². The van der Waals surface area contributed by atoms with Crippen LogP contribution in [0.25, 0.3) is 0 Å². The molecule has 0 radical (unpaired) electrons. The topological polar surface area (TPSA) is 121 Å². The Morgan fingerprint density at radius 2 is 1.77 bits per heavy atom. The molecule has 0 bridgehead atoms. The van der Waals surface area contributed by atoms with Crippen LogP contribution >= 0.6 is 0 Å². The second kappa shape index (κ2) is 3.90. The summed E-state index contributed by atoms with van der Waals surface area (Å²) in [6.45, 7) is 0. The number of amides is 1. The molecule has 0 heterocycles. The van der Waals surface area contributed by atoms with Crippen LogP contribution in [0.15, 0.2) is 11.8 Å². The van der Waals surface area contributed by atoms with E-state index < -0.39 is 27.7 Å². The first-order valence-electron chi connectivity index (χ1n) is 2.88. The Labute approximate surface area is 73.7 Å². The van der Waals surface area contributed by atoms with E-state index in [9.17, 15) is 18.0 Å². The molecule has 8 heteroatoms. The number of aliphatic hydroxyl groups is 1. The molecule has 13 heavy (non-hydrogen) atoms. The number of rotatable bonds is 3. The number of aliphatic carboxylic acids is 1. The number of hydrogen-bond acceptors (Lipinski definition) is 5. The summed E-state index contributed by atoms with van der Waals surface area (Å²) in [7, 11) is -3.80. The quantitative estimate of drug-likeness (QED) is 0.388. The molecule has 3 N–H and O–H groups in total. The molecule has 0 fully saturated rings. The minimum Gasteiger partial charge on any atom is -0.503 e. The molecule has 0 aliphatic rings. The Morgan fingerprint density at radius 1 is 1.31 bits per heavy atom. The van der Waals surface area contributed by atoms with Crippen LogP contribution in [0.2, 0.25) is 0 Å². The van der Waals surface area contributed by atoms with Crippen molar-refractivity contribution in [3.63, 3.8) is 0 Å². The van der Waals surface area contributed by atoms with E-state index in [-0.39, 0.29) is 6.08 Å². The summed E-state index contributed by atoms with van der Waals surface area (Å²) in [5.74, 6) is -4.12. The summed E-state index contributed by atoms with van der Waals surface area (Å²) < 4.78 is 22.2. The van der Waals surface area contributed by atoms with Crippen molar-refractivity contribution in [2.45, 2.75) is 0 Å². The van der Waals surface area contributed by atoms with Gasteiger partial charge in [0.15, 0.2) is 5.76 Å². The molecule has 0 saturated carbocycles. The van der Waals surface area contributed by atoms with Gasteiger partial charge in [0.2, 0.25) is 10.0 Å². The summed E-state index contributed by atoms with van der Waals surface area (Å²) in [6, 6.07) is 0. The van der Waals surface area contributed by atoms with Crippen molar-refractivity contribution >= 4 is 21.9 Å². The summed E-state index contributed by atoms with van der Waals surface area (Å²) in [6.07, 6.45) is 0.874. The lowest BCUT2D eigenvalue weighted by atomic mass is 10.4. The summed E-state index contributed by atoms with van der Waals surface area (Å²) in [5.41, 5.74) is 0. The van der Waals surface area contributed by atoms with Crippen molar-refractivity contribution in [3.8, 4) is 0 Å². The minimum atomic E-state index is -3.80. The highest BCUT2D eigenvalue weighted by Crippen LogP contribution is 1.89. The molecule has 0 saturated heterocycles. The van der Waals surface area contributed by atoms with Gasteiger partial charge in [0, 0.05) is 0 Å². The normalized spacial score (nSPS) is 12.2. The Bertz CT molecular complexity index is 353. The number of carboxylic acid groups (broad SMARTS) is 1. The fourth-order valence-corrected chi connectivity index (χ4v) is 0.845. The van der Waals surface area contributed by atoms with Crippen LogP contribution in [0.4, 0.5) is 0 Å². The van der Waals surface area contributed by atoms with Gasteiger partial charge in [-0.25, -0.2) is 17.9 Å². The number of nitrogens with one attached hydrogen (secondary N) is 1. The lowest BCUT2D eigenvalue weighted by Crippen LogP contribution is -2.30. The second-order valence-electron chi connectivity index (χ2n) is 2.07. The molecular weight excluding hydrogens is 202 g/mol. The predicted molar refractivity (Wildman–Crippen MR) is 41.3 cm³/mol. The number of hydrogen-bond donors (Lipinski definition) is 3. The maximum absolute atomic E-state index is 10.6. The first kappa shape index (κ1) is 11.4. The summed E-state index contributed by atoms with van der Waals surface area (Å²) in [5, 5.41) is 16.7. The zero-order valence-electron chi connectivity index (χ0n) is 6.51. The van der Waals surface area contributed by atoms with Crippen molar-refractivity contribution in [2.75, 3.05) is 6.26 Å². The number of aliphatic hydroxyl groups excluding tert-OH is 1. The fraction of sp³-hybridized carbons (Fsp3) is 0.200. The maximum atomic E-state index is 10.6. The van der Waals surface area contributed by atoms with Crippen LogP contribution in [0.3, 0.4) is 0 Å². The lowest BCUT2D eigenvalue weighted by Gasteiger charge is -1.99. The third kappa shape index (κ3) is 5.67. The summed E-state index contributed by atoms with van der Waals surface area (Å²) >= 11 is 0. The largest absolute Gasteiger partial charge is 0.503 e. The Balaban J connectivity index is 4.56. The first-order valence-corrected chi connectivity index (χ1v) is 4.77. The molecule has 0 atom stereocenters. The SMILES string of the molecule is CS(=O)(=O)NC(=O)/C(O)=C/C(=O)O. The van der Waals surface area contributed by atoms with Gasteiger partial charge in [0.1, 0.15) is 0 Å². The van der Waals surface area contributed by atoms with E-state index in [1.807, 2.05) is 0 Å². The Kier molecular flexibility index (Phi) is 3.43. The van der Waals surface area contributed by atoms with Crippen LogP contribution in [0, 0.1) is 0 Å². The molecule has 1 amide bonds. The van der Waals surface area contributed by atoms with Gasteiger partial charge in [-0.15, -0.1) is 0 Å². The van der Waals surface area contributed by atoms with E-state index in [0.717, 1.165) is 0 Å². The number of carbonyl (C=O) groups excluding carboxylic acids is 1. The Hall–Kier alpha value is -1.57. The van der Waals surface area contributed by atoms with E-state index in [4.69, 9.17) is 10.2 Å². The molecule has 0 spiro atoms. The number of carboxylic acids is 1. The van der Waals surface area contributed by atoms with Crippen LogP contribution in [-0.2, 0) is 19.6 Å². The van der Waals surface area contributed by atoms with Crippen molar-refractivity contribution < 1.29 is 28.2 Å². The van der Waals surface area contributed by atoms with E-state index in [1.54, 1.807) is 0 Å². The zero-order chi connectivity index (χ0) is 10.6. The highest BCUT2D eigenvalue weighted by atomic mass is 32.2. The van der Waals surface area contributed by atoms with Gasteiger partial charge in [-0.05, 0) is 0 Å². The van der Waals surface area contributed by atoms with E-state index in [1.165, 1.54) is 4.72 Å². The van der Waals surface area contributed by atoms with E-state index >= 15 is 0 Å².